The zero-order chi connectivity index (χ0) is 18.0. The number of hydrogen-bond acceptors (Lipinski definition) is 5. The first-order valence-corrected chi connectivity index (χ1v) is 9.38. The summed E-state index contributed by atoms with van der Waals surface area (Å²) in [5.74, 6) is 1.83. The van der Waals surface area contributed by atoms with Crippen LogP contribution in [0.5, 0.6) is 5.75 Å². The van der Waals surface area contributed by atoms with Gasteiger partial charge in [-0.15, -0.1) is 0 Å². The van der Waals surface area contributed by atoms with Crippen LogP contribution in [0.2, 0.25) is 0 Å². The van der Waals surface area contributed by atoms with E-state index in [-0.39, 0.29) is 0 Å². The predicted octanol–water partition coefficient (Wildman–Crippen LogP) is 2.97. The molecule has 1 aromatic carbocycles. The van der Waals surface area contributed by atoms with Gasteiger partial charge in [-0.1, -0.05) is 44.2 Å². The van der Waals surface area contributed by atoms with Crippen LogP contribution in [0.15, 0.2) is 23.2 Å². The Morgan fingerprint density at radius 1 is 1.28 bits per heavy atom. The van der Waals surface area contributed by atoms with Crippen molar-refractivity contribution in [3.63, 3.8) is 0 Å². The summed E-state index contributed by atoms with van der Waals surface area (Å²) in [5.41, 5.74) is 7.68. The lowest BCUT2D eigenvalue weighted by atomic mass is 9.79. The first kappa shape index (κ1) is 18.1. The van der Waals surface area contributed by atoms with Crippen LogP contribution in [0.3, 0.4) is 0 Å². The van der Waals surface area contributed by atoms with Crippen LogP contribution in [0.25, 0.3) is 0 Å². The monoisotopic (exact) mass is 345 g/mol. The standard InChI is InChI=1S/C20H31N3O2/c1-14-8-7-11-17(15(14)2)25-13-20(12-16-9-5-4-6-10-16)18(24)23(3)19(21)22-20/h7-8,11,16,18,24H,4-6,9-10,12-13H2,1-3H3,(H2,21,22). The van der Waals surface area contributed by atoms with Crippen LogP contribution in [0, 0.1) is 19.8 Å². The Balaban J connectivity index is 1.80. The molecular formula is C20H31N3O2. The van der Waals surface area contributed by atoms with Gasteiger partial charge in [0.2, 0.25) is 0 Å². The van der Waals surface area contributed by atoms with Gasteiger partial charge in [0.15, 0.2) is 12.2 Å². The van der Waals surface area contributed by atoms with Crippen LogP contribution < -0.4 is 10.5 Å². The fraction of sp³-hybridized carbons (Fsp3) is 0.650. The second kappa shape index (κ2) is 7.24. The first-order valence-electron chi connectivity index (χ1n) is 9.38. The molecule has 0 spiro atoms. The number of guanidine groups is 1. The summed E-state index contributed by atoms with van der Waals surface area (Å²) in [5, 5.41) is 10.9. The molecule has 138 valence electrons. The van der Waals surface area contributed by atoms with E-state index in [9.17, 15) is 5.11 Å². The molecule has 5 nitrogen and oxygen atoms in total. The molecule has 0 aromatic heterocycles. The van der Waals surface area contributed by atoms with E-state index in [2.05, 4.69) is 24.9 Å². The molecule has 1 saturated carbocycles. The summed E-state index contributed by atoms with van der Waals surface area (Å²) in [6, 6.07) is 6.06. The average molecular weight is 345 g/mol. The van der Waals surface area contributed by atoms with Crippen LogP contribution in [-0.2, 0) is 0 Å². The average Bonchev–Trinajstić information content (AvgIpc) is 2.81. The van der Waals surface area contributed by atoms with Gasteiger partial charge in [-0.05, 0) is 43.4 Å². The van der Waals surface area contributed by atoms with E-state index >= 15 is 0 Å². The second-order valence-electron chi connectivity index (χ2n) is 7.75. The van der Waals surface area contributed by atoms with Crippen LogP contribution in [0.1, 0.15) is 49.7 Å². The number of likely N-dealkylation sites (N-methyl/N-ethyl adjacent to an activating group) is 1. The number of aryl methyl sites for hydroxylation is 1. The summed E-state index contributed by atoms with van der Waals surface area (Å²) in [6.07, 6.45) is 6.35. The Morgan fingerprint density at radius 3 is 2.64 bits per heavy atom. The van der Waals surface area contributed by atoms with E-state index in [1.807, 2.05) is 12.1 Å². The van der Waals surface area contributed by atoms with Crippen molar-refractivity contribution in [3.8, 4) is 5.75 Å². The minimum Gasteiger partial charge on any atom is -0.491 e. The molecule has 1 aliphatic carbocycles. The number of nitrogens with zero attached hydrogens (tertiary/aromatic N) is 2. The molecule has 3 N–H and O–H groups in total. The molecule has 0 radical (unpaired) electrons. The number of hydrogen-bond donors (Lipinski definition) is 2. The predicted molar refractivity (Wildman–Crippen MR) is 101 cm³/mol. The molecule has 0 saturated heterocycles. The highest BCUT2D eigenvalue weighted by Crippen LogP contribution is 2.38. The third-order valence-electron chi connectivity index (χ3n) is 5.95. The van der Waals surface area contributed by atoms with E-state index in [0.717, 1.165) is 17.7 Å². The summed E-state index contributed by atoms with van der Waals surface area (Å²) < 4.78 is 6.16. The van der Waals surface area contributed by atoms with Crippen molar-refractivity contribution in [1.82, 2.24) is 4.90 Å². The summed E-state index contributed by atoms with van der Waals surface area (Å²) in [6.45, 7) is 4.49. The molecule has 2 atom stereocenters. The summed E-state index contributed by atoms with van der Waals surface area (Å²) >= 11 is 0. The van der Waals surface area contributed by atoms with Crippen molar-refractivity contribution in [2.24, 2.45) is 16.6 Å². The third-order valence-corrected chi connectivity index (χ3v) is 5.95. The van der Waals surface area contributed by atoms with Crippen molar-refractivity contribution in [2.75, 3.05) is 13.7 Å². The molecule has 0 amide bonds. The van der Waals surface area contributed by atoms with Crippen molar-refractivity contribution >= 4 is 5.96 Å². The molecule has 5 heteroatoms. The minimum absolute atomic E-state index is 0.347. The van der Waals surface area contributed by atoms with Crippen molar-refractivity contribution in [1.29, 1.82) is 0 Å². The van der Waals surface area contributed by atoms with Crippen molar-refractivity contribution in [2.45, 2.75) is 64.1 Å². The molecule has 1 heterocycles. The fourth-order valence-electron chi connectivity index (χ4n) is 4.14. The molecular weight excluding hydrogens is 314 g/mol. The molecule has 1 aromatic rings. The van der Waals surface area contributed by atoms with Gasteiger partial charge in [-0.3, -0.25) is 0 Å². The van der Waals surface area contributed by atoms with E-state index in [4.69, 9.17) is 10.5 Å². The Kier molecular flexibility index (Phi) is 5.23. The van der Waals surface area contributed by atoms with Crippen LogP contribution >= 0.6 is 0 Å². The lowest BCUT2D eigenvalue weighted by Crippen LogP contribution is -2.50. The SMILES string of the molecule is Cc1cccc(OCC2(CC3CCCCC3)N=C(N)N(C)C2O)c1C. The molecule has 1 fully saturated rings. The zero-order valence-electron chi connectivity index (χ0n) is 15.7. The van der Waals surface area contributed by atoms with Crippen molar-refractivity contribution < 1.29 is 9.84 Å². The number of aliphatic imine (C=N–C) groups is 1. The molecule has 3 rings (SSSR count). The number of ether oxygens (including phenoxy) is 1. The normalized spacial score (nSPS) is 27.4. The quantitative estimate of drug-likeness (QED) is 0.861. The Hall–Kier alpha value is -1.75. The van der Waals surface area contributed by atoms with Gasteiger partial charge in [0.1, 0.15) is 17.9 Å². The highest BCUT2D eigenvalue weighted by Gasteiger charge is 2.48. The maximum atomic E-state index is 10.9. The van der Waals surface area contributed by atoms with Crippen molar-refractivity contribution in [3.05, 3.63) is 29.3 Å². The van der Waals surface area contributed by atoms with E-state index in [0.29, 0.717) is 18.5 Å². The smallest absolute Gasteiger partial charge is 0.193 e. The van der Waals surface area contributed by atoms with Gasteiger partial charge in [0, 0.05) is 7.05 Å². The molecule has 2 aliphatic rings. The van der Waals surface area contributed by atoms with Gasteiger partial charge in [-0.25, -0.2) is 4.99 Å². The minimum atomic E-state index is -0.737. The zero-order valence-corrected chi connectivity index (χ0v) is 15.7. The molecule has 0 bridgehead atoms. The van der Waals surface area contributed by atoms with Gasteiger partial charge in [0.05, 0.1) is 0 Å². The third kappa shape index (κ3) is 3.61. The number of aliphatic hydroxyl groups excluding tert-OH is 1. The van der Waals surface area contributed by atoms with Gasteiger partial charge in [0.25, 0.3) is 0 Å². The molecule has 25 heavy (non-hydrogen) atoms. The van der Waals surface area contributed by atoms with Crippen LogP contribution in [0.4, 0.5) is 0 Å². The topological polar surface area (TPSA) is 71.1 Å². The lowest BCUT2D eigenvalue weighted by molar-refractivity contribution is -0.0162. The summed E-state index contributed by atoms with van der Waals surface area (Å²) in [4.78, 5) is 6.35. The van der Waals surface area contributed by atoms with Gasteiger partial charge in [-0.2, -0.15) is 0 Å². The second-order valence-corrected chi connectivity index (χ2v) is 7.75. The Labute approximate surface area is 150 Å². The largest absolute Gasteiger partial charge is 0.491 e. The maximum absolute atomic E-state index is 10.9. The molecule has 2 unspecified atom stereocenters. The summed E-state index contributed by atoms with van der Waals surface area (Å²) in [7, 11) is 1.80. The van der Waals surface area contributed by atoms with Gasteiger partial charge < -0.3 is 20.5 Å². The fourth-order valence-corrected chi connectivity index (χ4v) is 4.14. The van der Waals surface area contributed by atoms with E-state index < -0.39 is 11.8 Å². The number of aliphatic hydroxyl groups is 1. The van der Waals surface area contributed by atoms with Crippen LogP contribution in [-0.4, -0.2) is 41.4 Å². The van der Waals surface area contributed by atoms with Gasteiger partial charge >= 0.3 is 0 Å². The highest BCUT2D eigenvalue weighted by molar-refractivity contribution is 5.80. The lowest BCUT2D eigenvalue weighted by Gasteiger charge is -2.36. The number of benzene rings is 1. The molecule has 1 aliphatic heterocycles. The highest BCUT2D eigenvalue weighted by atomic mass is 16.5. The van der Waals surface area contributed by atoms with E-state index in [1.165, 1.54) is 37.7 Å². The maximum Gasteiger partial charge on any atom is 0.193 e. The Morgan fingerprint density at radius 2 is 2.00 bits per heavy atom. The number of nitrogens with two attached hydrogens (primary N) is 1. The number of rotatable bonds is 5. The Bertz CT molecular complexity index is 640. The first-order chi connectivity index (χ1) is 11.9. The van der Waals surface area contributed by atoms with E-state index in [1.54, 1.807) is 11.9 Å².